The Hall–Kier alpha value is -0.710. The summed E-state index contributed by atoms with van der Waals surface area (Å²) >= 11 is 0. The minimum absolute atomic E-state index is 0.0842. The summed E-state index contributed by atoms with van der Waals surface area (Å²) < 4.78 is 23.8. The number of hydrogen-bond donors (Lipinski definition) is 1. The molecule has 1 amide bonds. The number of aliphatic hydroxyl groups is 1. The molecule has 0 bridgehead atoms. The predicted octanol–water partition coefficient (Wildman–Crippen LogP) is 0.235. The van der Waals surface area contributed by atoms with Gasteiger partial charge in [0.2, 0.25) is 0 Å². The third-order valence-electron chi connectivity index (χ3n) is 2.76. The van der Waals surface area contributed by atoms with Gasteiger partial charge in [-0.15, -0.1) is 0 Å². The van der Waals surface area contributed by atoms with Crippen LogP contribution in [0.5, 0.6) is 0 Å². The fraction of sp³-hybridized carbons (Fsp3) is 0.875. The fourth-order valence-corrected chi connectivity index (χ4v) is 1.79. The molecule has 1 saturated carbocycles. The highest BCUT2D eigenvalue weighted by atomic mass is 19.3. The molecule has 13 heavy (non-hydrogen) atoms. The van der Waals surface area contributed by atoms with Gasteiger partial charge in [0.05, 0.1) is 13.1 Å². The zero-order valence-electron chi connectivity index (χ0n) is 7.04. The standard InChI is InChI=1S/C8H11F2NO2/c9-6(10)7(12)11-3-8(13,4-11)5-1-2-5/h5-6,13H,1-4H2. The summed E-state index contributed by atoms with van der Waals surface area (Å²) in [6.07, 6.45) is -1.04. The average Bonchev–Trinajstić information content (AvgIpc) is 2.79. The number of halogens is 2. The van der Waals surface area contributed by atoms with Gasteiger partial charge in [0.15, 0.2) is 0 Å². The van der Waals surface area contributed by atoms with Crippen LogP contribution in [-0.2, 0) is 4.79 Å². The van der Waals surface area contributed by atoms with Crippen molar-refractivity contribution < 1.29 is 18.7 Å². The van der Waals surface area contributed by atoms with E-state index < -0.39 is 17.9 Å². The van der Waals surface area contributed by atoms with Gasteiger partial charge in [0.1, 0.15) is 5.60 Å². The molecule has 0 unspecified atom stereocenters. The second kappa shape index (κ2) is 2.64. The third kappa shape index (κ3) is 1.41. The highest BCUT2D eigenvalue weighted by Crippen LogP contribution is 2.44. The van der Waals surface area contributed by atoms with Crippen molar-refractivity contribution in [3.8, 4) is 0 Å². The number of alkyl halides is 2. The Bertz CT molecular complexity index is 234. The summed E-state index contributed by atoms with van der Waals surface area (Å²) in [6, 6.07) is 0. The first-order valence-electron chi connectivity index (χ1n) is 4.32. The van der Waals surface area contributed by atoms with Crippen molar-refractivity contribution in [2.45, 2.75) is 24.9 Å². The van der Waals surface area contributed by atoms with Crippen LogP contribution in [0.3, 0.4) is 0 Å². The normalized spacial score (nSPS) is 26.0. The first-order chi connectivity index (χ1) is 6.03. The van der Waals surface area contributed by atoms with Crippen molar-refractivity contribution in [1.82, 2.24) is 4.90 Å². The highest BCUT2D eigenvalue weighted by molar-refractivity contribution is 5.80. The molecule has 0 aromatic rings. The summed E-state index contributed by atoms with van der Waals surface area (Å²) in [5.74, 6) is -0.931. The van der Waals surface area contributed by atoms with Crippen molar-refractivity contribution in [2.24, 2.45) is 5.92 Å². The van der Waals surface area contributed by atoms with Gasteiger partial charge in [-0.05, 0) is 18.8 Å². The topological polar surface area (TPSA) is 40.5 Å². The average molecular weight is 191 g/mol. The molecular formula is C8H11F2NO2. The smallest absolute Gasteiger partial charge is 0.315 e. The number of likely N-dealkylation sites (tertiary alicyclic amines) is 1. The summed E-state index contributed by atoms with van der Waals surface area (Å²) in [4.78, 5) is 11.7. The van der Waals surface area contributed by atoms with Crippen LogP contribution in [0.1, 0.15) is 12.8 Å². The van der Waals surface area contributed by atoms with Crippen molar-refractivity contribution >= 4 is 5.91 Å². The predicted molar refractivity (Wildman–Crippen MR) is 40.3 cm³/mol. The zero-order chi connectivity index (χ0) is 9.64. The van der Waals surface area contributed by atoms with E-state index in [1.165, 1.54) is 0 Å². The number of carbonyl (C=O) groups is 1. The molecular weight excluding hydrogens is 180 g/mol. The van der Waals surface area contributed by atoms with Crippen LogP contribution in [-0.4, -0.2) is 41.0 Å². The van der Waals surface area contributed by atoms with Gasteiger partial charge in [-0.2, -0.15) is 8.78 Å². The van der Waals surface area contributed by atoms with E-state index in [2.05, 4.69) is 0 Å². The maximum atomic E-state index is 11.9. The molecule has 1 aliphatic heterocycles. The van der Waals surface area contributed by atoms with Crippen LogP contribution in [0.2, 0.25) is 0 Å². The third-order valence-corrected chi connectivity index (χ3v) is 2.76. The summed E-state index contributed by atoms with van der Waals surface area (Å²) in [5.41, 5.74) is -0.857. The molecule has 0 aromatic heterocycles. The van der Waals surface area contributed by atoms with E-state index in [1.54, 1.807) is 0 Å². The molecule has 2 rings (SSSR count). The van der Waals surface area contributed by atoms with Gasteiger partial charge < -0.3 is 10.0 Å². The van der Waals surface area contributed by atoms with E-state index in [4.69, 9.17) is 0 Å². The molecule has 0 atom stereocenters. The Labute approximate surface area is 74.3 Å². The maximum Gasteiger partial charge on any atom is 0.315 e. The Morgan fingerprint density at radius 3 is 2.38 bits per heavy atom. The fourth-order valence-electron chi connectivity index (χ4n) is 1.79. The molecule has 1 heterocycles. The Morgan fingerprint density at radius 1 is 1.46 bits per heavy atom. The van der Waals surface area contributed by atoms with E-state index in [1.807, 2.05) is 0 Å². The molecule has 2 fully saturated rings. The molecule has 74 valence electrons. The van der Waals surface area contributed by atoms with Gasteiger partial charge in [0, 0.05) is 0 Å². The van der Waals surface area contributed by atoms with E-state index in [-0.39, 0.29) is 19.0 Å². The van der Waals surface area contributed by atoms with Crippen LogP contribution in [0, 0.1) is 5.92 Å². The quantitative estimate of drug-likeness (QED) is 0.679. The van der Waals surface area contributed by atoms with Gasteiger partial charge in [-0.3, -0.25) is 4.79 Å². The molecule has 1 N–H and O–H groups in total. The lowest BCUT2D eigenvalue weighted by molar-refractivity contribution is -0.169. The molecule has 2 aliphatic rings. The van der Waals surface area contributed by atoms with E-state index in [9.17, 15) is 18.7 Å². The van der Waals surface area contributed by atoms with Gasteiger partial charge in [-0.25, -0.2) is 0 Å². The number of rotatable bonds is 2. The van der Waals surface area contributed by atoms with Crippen LogP contribution in [0.25, 0.3) is 0 Å². The van der Waals surface area contributed by atoms with Crippen LogP contribution < -0.4 is 0 Å². The second-order valence-electron chi connectivity index (χ2n) is 3.87. The number of β-amino-alcohol motifs (C(OH)–C–C–N with tert-alkyl or cyclic N) is 1. The minimum atomic E-state index is -2.94. The molecule has 3 nitrogen and oxygen atoms in total. The van der Waals surface area contributed by atoms with Crippen LogP contribution in [0.4, 0.5) is 8.78 Å². The summed E-state index contributed by atoms with van der Waals surface area (Å²) in [6.45, 7) is 0.168. The zero-order valence-corrected chi connectivity index (χ0v) is 7.04. The van der Waals surface area contributed by atoms with Crippen molar-refractivity contribution in [3.05, 3.63) is 0 Å². The first kappa shape index (κ1) is 8.87. The maximum absolute atomic E-state index is 11.9. The molecule has 0 radical (unpaired) electrons. The lowest BCUT2D eigenvalue weighted by Gasteiger charge is -2.46. The first-order valence-corrected chi connectivity index (χ1v) is 4.32. The van der Waals surface area contributed by atoms with E-state index in [0.717, 1.165) is 17.7 Å². The van der Waals surface area contributed by atoms with Crippen LogP contribution in [0.15, 0.2) is 0 Å². The molecule has 1 saturated heterocycles. The highest BCUT2D eigenvalue weighted by Gasteiger charge is 2.54. The largest absolute Gasteiger partial charge is 0.386 e. The number of carbonyl (C=O) groups excluding carboxylic acids is 1. The molecule has 5 heteroatoms. The van der Waals surface area contributed by atoms with Crippen molar-refractivity contribution in [2.75, 3.05) is 13.1 Å². The summed E-state index contributed by atoms with van der Waals surface area (Å²) in [5, 5.41) is 9.71. The number of nitrogens with zero attached hydrogens (tertiary/aromatic N) is 1. The van der Waals surface area contributed by atoms with Crippen molar-refractivity contribution in [1.29, 1.82) is 0 Å². The van der Waals surface area contributed by atoms with E-state index >= 15 is 0 Å². The van der Waals surface area contributed by atoms with Gasteiger partial charge in [-0.1, -0.05) is 0 Å². The van der Waals surface area contributed by atoms with Gasteiger partial charge in [0.25, 0.3) is 5.91 Å². The number of hydrogen-bond acceptors (Lipinski definition) is 2. The SMILES string of the molecule is O=C(C(F)F)N1CC(O)(C2CC2)C1. The minimum Gasteiger partial charge on any atom is -0.386 e. The summed E-state index contributed by atoms with van der Waals surface area (Å²) in [7, 11) is 0. The van der Waals surface area contributed by atoms with Gasteiger partial charge >= 0.3 is 6.43 Å². The van der Waals surface area contributed by atoms with Crippen molar-refractivity contribution in [3.63, 3.8) is 0 Å². The second-order valence-corrected chi connectivity index (χ2v) is 3.87. The Kier molecular flexibility index (Phi) is 1.80. The Balaban J connectivity index is 1.86. The molecule has 1 aliphatic carbocycles. The van der Waals surface area contributed by atoms with Crippen LogP contribution >= 0.6 is 0 Å². The lowest BCUT2D eigenvalue weighted by atomic mass is 9.89. The lowest BCUT2D eigenvalue weighted by Crippen LogP contribution is -2.65. The number of amides is 1. The molecule has 0 spiro atoms. The monoisotopic (exact) mass is 191 g/mol. The van der Waals surface area contributed by atoms with E-state index in [0.29, 0.717) is 0 Å². The molecule has 0 aromatic carbocycles. The Morgan fingerprint density at radius 2 is 2.00 bits per heavy atom.